The zero-order valence-electron chi connectivity index (χ0n) is 10.3. The van der Waals surface area contributed by atoms with Crippen molar-refractivity contribution in [1.82, 2.24) is 10.2 Å². The second-order valence-electron chi connectivity index (χ2n) is 4.33. The number of carbonyl (C=O) groups is 2. The number of nitrogens with one attached hydrogen (secondary N) is 1. The van der Waals surface area contributed by atoms with Gasteiger partial charge in [0.15, 0.2) is 0 Å². The smallest absolute Gasteiger partial charge is 0.261 e. The van der Waals surface area contributed by atoms with E-state index in [0.29, 0.717) is 11.4 Å². The first kappa shape index (κ1) is 14.5. The molecule has 1 aliphatic rings. The molecule has 0 aliphatic heterocycles. The van der Waals surface area contributed by atoms with Crippen LogP contribution in [0, 0.1) is 0 Å². The Kier molecular flexibility index (Phi) is 4.95. The summed E-state index contributed by atoms with van der Waals surface area (Å²) in [5.41, 5.74) is 0. The monoisotopic (exact) mass is 346 g/mol. The van der Waals surface area contributed by atoms with Crippen molar-refractivity contribution < 1.29 is 14.7 Å². The van der Waals surface area contributed by atoms with Gasteiger partial charge in [0.25, 0.3) is 5.91 Å². The number of amides is 2. The molecule has 7 heteroatoms. The van der Waals surface area contributed by atoms with Crippen molar-refractivity contribution in [3.05, 3.63) is 20.8 Å². The fraction of sp³-hybridized carbons (Fsp3) is 0.500. The van der Waals surface area contributed by atoms with E-state index >= 15 is 0 Å². The van der Waals surface area contributed by atoms with E-state index in [1.54, 1.807) is 17.0 Å². The van der Waals surface area contributed by atoms with Gasteiger partial charge in [0, 0.05) is 12.6 Å². The van der Waals surface area contributed by atoms with Crippen LogP contribution in [-0.4, -0.2) is 47.6 Å². The van der Waals surface area contributed by atoms with Gasteiger partial charge in [-0.25, -0.2) is 0 Å². The average Bonchev–Trinajstić information content (AvgIpc) is 3.14. The summed E-state index contributed by atoms with van der Waals surface area (Å²) in [6.45, 7) is 0.267. The van der Waals surface area contributed by atoms with Gasteiger partial charge in [-0.1, -0.05) is 0 Å². The number of rotatable bonds is 6. The summed E-state index contributed by atoms with van der Waals surface area (Å²) in [5.74, 6) is -0.385. The van der Waals surface area contributed by atoms with E-state index < -0.39 is 0 Å². The van der Waals surface area contributed by atoms with Crippen LogP contribution in [0.15, 0.2) is 15.9 Å². The van der Waals surface area contributed by atoms with E-state index in [4.69, 9.17) is 5.11 Å². The summed E-state index contributed by atoms with van der Waals surface area (Å²) in [4.78, 5) is 25.9. The molecule has 5 nitrogen and oxygen atoms in total. The number of nitrogens with zero attached hydrogens (tertiary/aromatic N) is 1. The Morgan fingerprint density at radius 2 is 2.21 bits per heavy atom. The highest BCUT2D eigenvalue weighted by Crippen LogP contribution is 2.26. The Morgan fingerprint density at radius 3 is 2.74 bits per heavy atom. The number of aliphatic hydroxyl groups is 1. The Labute approximate surface area is 123 Å². The molecular weight excluding hydrogens is 332 g/mol. The zero-order valence-corrected chi connectivity index (χ0v) is 12.7. The van der Waals surface area contributed by atoms with Crippen molar-refractivity contribution in [2.75, 3.05) is 19.7 Å². The lowest BCUT2D eigenvalue weighted by Gasteiger charge is -2.21. The van der Waals surface area contributed by atoms with Crippen LogP contribution in [0.2, 0.25) is 0 Å². The molecule has 104 valence electrons. The molecule has 1 aliphatic carbocycles. The van der Waals surface area contributed by atoms with Crippen molar-refractivity contribution in [2.24, 2.45) is 0 Å². The molecule has 1 heterocycles. The maximum Gasteiger partial charge on any atom is 0.261 e. The van der Waals surface area contributed by atoms with Crippen LogP contribution < -0.4 is 5.32 Å². The highest BCUT2D eigenvalue weighted by atomic mass is 79.9. The molecule has 1 aromatic heterocycles. The predicted octanol–water partition coefficient (Wildman–Crippen LogP) is 1.22. The van der Waals surface area contributed by atoms with Gasteiger partial charge in [0.1, 0.15) is 0 Å². The lowest BCUT2D eigenvalue weighted by atomic mass is 10.4. The summed E-state index contributed by atoms with van der Waals surface area (Å²) < 4.78 is 0.879. The number of thiophene rings is 1. The van der Waals surface area contributed by atoms with E-state index in [9.17, 15) is 9.59 Å². The van der Waals surface area contributed by atoms with Crippen LogP contribution in [0.3, 0.4) is 0 Å². The predicted molar refractivity (Wildman–Crippen MR) is 76.2 cm³/mol. The van der Waals surface area contributed by atoms with E-state index in [1.165, 1.54) is 11.3 Å². The molecule has 0 atom stereocenters. The SMILES string of the molecule is O=C(NCC(=O)N(CCO)C1CC1)c1ccc(Br)s1. The second-order valence-corrected chi connectivity index (χ2v) is 6.79. The van der Waals surface area contributed by atoms with Crippen molar-refractivity contribution in [3.8, 4) is 0 Å². The molecule has 1 fully saturated rings. The van der Waals surface area contributed by atoms with E-state index in [0.717, 1.165) is 16.6 Å². The highest BCUT2D eigenvalue weighted by molar-refractivity contribution is 9.11. The molecule has 2 rings (SSSR count). The fourth-order valence-corrected chi connectivity index (χ4v) is 3.09. The van der Waals surface area contributed by atoms with Gasteiger partial charge in [-0.3, -0.25) is 9.59 Å². The van der Waals surface area contributed by atoms with Gasteiger partial charge < -0.3 is 15.3 Å². The topological polar surface area (TPSA) is 69.6 Å². The van der Waals surface area contributed by atoms with Crippen LogP contribution in [0.5, 0.6) is 0 Å². The number of halogens is 1. The molecule has 1 aromatic rings. The Hall–Kier alpha value is -0.920. The van der Waals surface area contributed by atoms with Gasteiger partial charge in [-0.05, 0) is 40.9 Å². The van der Waals surface area contributed by atoms with Crippen molar-refractivity contribution in [2.45, 2.75) is 18.9 Å². The average molecular weight is 347 g/mol. The molecule has 19 heavy (non-hydrogen) atoms. The molecule has 0 bridgehead atoms. The lowest BCUT2D eigenvalue weighted by Crippen LogP contribution is -2.42. The maximum atomic E-state index is 11.9. The third-order valence-electron chi connectivity index (χ3n) is 2.85. The summed E-state index contributed by atoms with van der Waals surface area (Å²) >= 11 is 4.61. The van der Waals surface area contributed by atoms with Gasteiger partial charge in [0.2, 0.25) is 5.91 Å². The quantitative estimate of drug-likeness (QED) is 0.813. The molecule has 2 N–H and O–H groups in total. The lowest BCUT2D eigenvalue weighted by molar-refractivity contribution is -0.131. The van der Waals surface area contributed by atoms with Crippen LogP contribution >= 0.6 is 27.3 Å². The second kappa shape index (κ2) is 6.49. The van der Waals surface area contributed by atoms with Gasteiger partial charge in [-0.15, -0.1) is 11.3 Å². The zero-order chi connectivity index (χ0) is 13.8. The minimum Gasteiger partial charge on any atom is -0.395 e. The van der Waals surface area contributed by atoms with Gasteiger partial charge in [0.05, 0.1) is 21.8 Å². The number of aliphatic hydroxyl groups excluding tert-OH is 1. The molecule has 2 amide bonds. The molecular formula is C12H15BrN2O3S. The number of hydrogen-bond donors (Lipinski definition) is 2. The first-order chi connectivity index (χ1) is 9.11. The van der Waals surface area contributed by atoms with Crippen molar-refractivity contribution >= 4 is 39.1 Å². The molecule has 0 radical (unpaired) electrons. The summed E-state index contributed by atoms with van der Waals surface area (Å²) in [6, 6.07) is 3.75. The maximum absolute atomic E-state index is 11.9. The Bertz CT molecular complexity index is 473. The van der Waals surface area contributed by atoms with Crippen molar-refractivity contribution in [3.63, 3.8) is 0 Å². The minimum atomic E-state index is -0.246. The third kappa shape index (κ3) is 4.02. The Balaban J connectivity index is 1.83. The van der Waals surface area contributed by atoms with E-state index in [1.807, 2.05) is 0 Å². The van der Waals surface area contributed by atoms with Gasteiger partial charge >= 0.3 is 0 Å². The minimum absolute atomic E-state index is 0.0230. The van der Waals surface area contributed by atoms with Crippen LogP contribution in [0.25, 0.3) is 0 Å². The highest BCUT2D eigenvalue weighted by Gasteiger charge is 2.31. The Morgan fingerprint density at radius 1 is 1.47 bits per heavy atom. The summed E-state index contributed by atoms with van der Waals surface area (Å²) in [5, 5.41) is 11.5. The molecule has 0 spiro atoms. The summed E-state index contributed by atoms with van der Waals surface area (Å²) in [6.07, 6.45) is 1.97. The van der Waals surface area contributed by atoms with Crippen molar-refractivity contribution in [1.29, 1.82) is 0 Å². The van der Waals surface area contributed by atoms with Crippen LogP contribution in [0.1, 0.15) is 22.5 Å². The molecule has 0 aromatic carbocycles. The normalized spacial score (nSPS) is 14.2. The molecule has 0 saturated heterocycles. The van der Waals surface area contributed by atoms with Crippen LogP contribution in [0.4, 0.5) is 0 Å². The van der Waals surface area contributed by atoms with Gasteiger partial charge in [-0.2, -0.15) is 0 Å². The first-order valence-corrected chi connectivity index (χ1v) is 7.66. The van der Waals surface area contributed by atoms with E-state index in [2.05, 4.69) is 21.2 Å². The van der Waals surface area contributed by atoms with E-state index in [-0.39, 0.29) is 31.0 Å². The first-order valence-electron chi connectivity index (χ1n) is 6.05. The van der Waals surface area contributed by atoms with Crippen LogP contribution in [-0.2, 0) is 4.79 Å². The number of hydrogen-bond acceptors (Lipinski definition) is 4. The molecule has 0 unspecified atom stereocenters. The molecule has 1 saturated carbocycles. The largest absolute Gasteiger partial charge is 0.395 e. The standard InChI is InChI=1S/C12H15BrN2O3S/c13-10-4-3-9(19-10)12(18)14-7-11(17)15(5-6-16)8-1-2-8/h3-4,8,16H,1-2,5-7H2,(H,14,18). The fourth-order valence-electron chi connectivity index (χ4n) is 1.79. The summed E-state index contributed by atoms with van der Waals surface area (Å²) in [7, 11) is 0. The number of carbonyl (C=O) groups excluding carboxylic acids is 2. The third-order valence-corrected chi connectivity index (χ3v) is 4.47.